The van der Waals surface area contributed by atoms with Gasteiger partial charge in [0.05, 0.1) is 12.0 Å². The van der Waals surface area contributed by atoms with Gasteiger partial charge in [0.1, 0.15) is 0 Å². The molecule has 2 rings (SSSR count). The van der Waals surface area contributed by atoms with Crippen LogP contribution < -0.4 is 5.32 Å². The van der Waals surface area contributed by atoms with Crippen molar-refractivity contribution < 1.29 is 0 Å². The van der Waals surface area contributed by atoms with Gasteiger partial charge in [-0.25, -0.2) is 0 Å². The van der Waals surface area contributed by atoms with Crippen LogP contribution in [-0.2, 0) is 0 Å². The standard InChI is InChI=1S/C15H19BrN2/c1-11-9-13(16)7-8-14(11)18-15-6-4-2-3-5-12(15)10-17/h7-9,12,15,18H,2-6H2,1H3. The van der Waals surface area contributed by atoms with E-state index in [2.05, 4.69) is 46.4 Å². The summed E-state index contributed by atoms with van der Waals surface area (Å²) >= 11 is 3.48. The monoisotopic (exact) mass is 306 g/mol. The third kappa shape index (κ3) is 3.26. The van der Waals surface area contributed by atoms with Gasteiger partial charge in [0.25, 0.3) is 0 Å². The Bertz CT molecular complexity index is 450. The molecule has 0 spiro atoms. The molecular formula is C15H19BrN2. The fourth-order valence-corrected chi connectivity index (χ4v) is 3.10. The molecule has 18 heavy (non-hydrogen) atoms. The van der Waals surface area contributed by atoms with Gasteiger partial charge >= 0.3 is 0 Å². The molecule has 0 aromatic heterocycles. The van der Waals surface area contributed by atoms with E-state index < -0.39 is 0 Å². The predicted octanol–water partition coefficient (Wildman–Crippen LogP) is 4.64. The Morgan fingerprint density at radius 2 is 2.06 bits per heavy atom. The lowest BCUT2D eigenvalue weighted by Crippen LogP contribution is -2.27. The molecule has 2 unspecified atom stereocenters. The van der Waals surface area contributed by atoms with Crippen molar-refractivity contribution in [2.75, 3.05) is 5.32 Å². The molecule has 0 aliphatic heterocycles. The van der Waals surface area contributed by atoms with Gasteiger partial charge in [-0.2, -0.15) is 5.26 Å². The Labute approximate surface area is 118 Å². The van der Waals surface area contributed by atoms with Crippen molar-refractivity contribution in [2.24, 2.45) is 5.92 Å². The largest absolute Gasteiger partial charge is 0.381 e. The van der Waals surface area contributed by atoms with Gasteiger partial charge in [-0.15, -0.1) is 0 Å². The molecule has 1 saturated carbocycles. The molecule has 1 fully saturated rings. The number of benzene rings is 1. The SMILES string of the molecule is Cc1cc(Br)ccc1NC1CCCCCC1C#N. The van der Waals surface area contributed by atoms with Gasteiger partial charge < -0.3 is 5.32 Å². The molecule has 0 amide bonds. The van der Waals surface area contributed by atoms with Crippen molar-refractivity contribution in [1.82, 2.24) is 0 Å². The van der Waals surface area contributed by atoms with Crippen LogP contribution in [-0.4, -0.2) is 6.04 Å². The minimum absolute atomic E-state index is 0.149. The van der Waals surface area contributed by atoms with E-state index in [1.807, 2.05) is 6.07 Å². The van der Waals surface area contributed by atoms with E-state index in [0.29, 0.717) is 6.04 Å². The molecular weight excluding hydrogens is 288 g/mol. The van der Waals surface area contributed by atoms with E-state index in [1.165, 1.54) is 24.8 Å². The number of anilines is 1. The first kappa shape index (κ1) is 13.4. The number of aryl methyl sites for hydroxylation is 1. The van der Waals surface area contributed by atoms with Gasteiger partial charge in [0, 0.05) is 16.2 Å². The number of rotatable bonds is 2. The number of hydrogen-bond donors (Lipinski definition) is 1. The first-order valence-corrected chi connectivity index (χ1v) is 7.42. The van der Waals surface area contributed by atoms with Crippen molar-refractivity contribution >= 4 is 21.6 Å². The highest BCUT2D eigenvalue weighted by Crippen LogP contribution is 2.28. The van der Waals surface area contributed by atoms with Gasteiger partial charge in [-0.1, -0.05) is 35.2 Å². The lowest BCUT2D eigenvalue weighted by molar-refractivity contribution is 0.514. The van der Waals surface area contributed by atoms with E-state index in [4.69, 9.17) is 0 Å². The zero-order valence-electron chi connectivity index (χ0n) is 10.7. The maximum absolute atomic E-state index is 9.28. The van der Waals surface area contributed by atoms with Crippen LogP contribution in [0.2, 0.25) is 0 Å². The topological polar surface area (TPSA) is 35.8 Å². The summed E-state index contributed by atoms with van der Waals surface area (Å²) in [5.41, 5.74) is 2.38. The molecule has 0 heterocycles. The molecule has 1 aromatic carbocycles. The fourth-order valence-electron chi connectivity index (χ4n) is 2.62. The van der Waals surface area contributed by atoms with Gasteiger partial charge in [-0.05, 0) is 43.5 Å². The summed E-state index contributed by atoms with van der Waals surface area (Å²) in [6, 6.07) is 9.03. The van der Waals surface area contributed by atoms with Crippen LogP contribution in [0.5, 0.6) is 0 Å². The molecule has 0 saturated heterocycles. The van der Waals surface area contributed by atoms with Crippen LogP contribution in [0.3, 0.4) is 0 Å². The van der Waals surface area contributed by atoms with Crippen molar-refractivity contribution in [3.05, 3.63) is 28.2 Å². The van der Waals surface area contributed by atoms with Crippen molar-refractivity contribution in [2.45, 2.75) is 45.1 Å². The summed E-state index contributed by atoms with van der Waals surface area (Å²) in [5.74, 6) is 0.149. The molecule has 1 N–H and O–H groups in total. The normalized spacial score (nSPS) is 24.1. The molecule has 1 aliphatic rings. The summed E-state index contributed by atoms with van der Waals surface area (Å²) in [6.45, 7) is 2.10. The second kappa shape index (κ2) is 6.24. The molecule has 2 nitrogen and oxygen atoms in total. The lowest BCUT2D eigenvalue weighted by Gasteiger charge is -2.23. The maximum atomic E-state index is 9.28. The summed E-state index contributed by atoms with van der Waals surface area (Å²) in [6.07, 6.45) is 5.81. The minimum Gasteiger partial charge on any atom is -0.381 e. The third-order valence-electron chi connectivity index (χ3n) is 3.71. The fraction of sp³-hybridized carbons (Fsp3) is 0.533. The summed E-state index contributed by atoms with van der Waals surface area (Å²) in [4.78, 5) is 0. The smallest absolute Gasteiger partial charge is 0.0677 e. The lowest BCUT2D eigenvalue weighted by atomic mass is 9.96. The number of halogens is 1. The van der Waals surface area contributed by atoms with E-state index in [0.717, 1.165) is 23.0 Å². The minimum atomic E-state index is 0.149. The molecule has 96 valence electrons. The van der Waals surface area contributed by atoms with Crippen LogP contribution in [0, 0.1) is 24.2 Å². The number of nitrogens with one attached hydrogen (secondary N) is 1. The van der Waals surface area contributed by atoms with E-state index in [-0.39, 0.29) is 5.92 Å². The van der Waals surface area contributed by atoms with Crippen LogP contribution >= 0.6 is 15.9 Å². The highest BCUT2D eigenvalue weighted by Gasteiger charge is 2.23. The highest BCUT2D eigenvalue weighted by molar-refractivity contribution is 9.10. The van der Waals surface area contributed by atoms with Crippen molar-refractivity contribution in [3.8, 4) is 6.07 Å². The second-order valence-corrected chi connectivity index (χ2v) is 6.00. The van der Waals surface area contributed by atoms with Crippen LogP contribution in [0.25, 0.3) is 0 Å². The Kier molecular flexibility index (Phi) is 4.66. The number of nitrogens with zero attached hydrogens (tertiary/aromatic N) is 1. The zero-order valence-corrected chi connectivity index (χ0v) is 12.3. The quantitative estimate of drug-likeness (QED) is 0.808. The number of nitriles is 1. The Hall–Kier alpha value is -1.01. The summed E-state index contributed by atoms with van der Waals surface area (Å²) in [7, 11) is 0. The zero-order chi connectivity index (χ0) is 13.0. The molecule has 0 bridgehead atoms. The maximum Gasteiger partial charge on any atom is 0.0677 e. The van der Waals surface area contributed by atoms with E-state index in [1.54, 1.807) is 0 Å². The number of hydrogen-bond acceptors (Lipinski definition) is 2. The molecule has 0 radical (unpaired) electrons. The van der Waals surface area contributed by atoms with Gasteiger partial charge in [0.2, 0.25) is 0 Å². The van der Waals surface area contributed by atoms with E-state index in [9.17, 15) is 5.26 Å². The van der Waals surface area contributed by atoms with Crippen LogP contribution in [0.1, 0.15) is 37.7 Å². The third-order valence-corrected chi connectivity index (χ3v) is 4.20. The summed E-state index contributed by atoms with van der Waals surface area (Å²) in [5, 5.41) is 12.9. The van der Waals surface area contributed by atoms with Crippen molar-refractivity contribution in [3.63, 3.8) is 0 Å². The molecule has 2 atom stereocenters. The second-order valence-electron chi connectivity index (χ2n) is 5.08. The molecule has 1 aliphatic carbocycles. The van der Waals surface area contributed by atoms with Gasteiger partial charge in [-0.3, -0.25) is 0 Å². The summed E-state index contributed by atoms with van der Waals surface area (Å²) < 4.78 is 1.10. The Balaban J connectivity index is 2.13. The average molecular weight is 307 g/mol. The first-order valence-electron chi connectivity index (χ1n) is 6.63. The molecule has 1 aromatic rings. The Morgan fingerprint density at radius 3 is 2.78 bits per heavy atom. The average Bonchev–Trinajstić information content (AvgIpc) is 2.57. The molecule has 3 heteroatoms. The highest BCUT2D eigenvalue weighted by atomic mass is 79.9. The van der Waals surface area contributed by atoms with Crippen LogP contribution in [0.15, 0.2) is 22.7 Å². The van der Waals surface area contributed by atoms with Crippen LogP contribution in [0.4, 0.5) is 5.69 Å². The van der Waals surface area contributed by atoms with Crippen molar-refractivity contribution in [1.29, 1.82) is 5.26 Å². The predicted molar refractivity (Wildman–Crippen MR) is 78.5 cm³/mol. The van der Waals surface area contributed by atoms with E-state index >= 15 is 0 Å². The van der Waals surface area contributed by atoms with Gasteiger partial charge in [0.15, 0.2) is 0 Å². The first-order chi connectivity index (χ1) is 8.70. The Morgan fingerprint density at radius 1 is 1.28 bits per heavy atom.